The summed E-state index contributed by atoms with van der Waals surface area (Å²) in [6.45, 7) is 0.754. The molecule has 0 fully saturated rings. The summed E-state index contributed by atoms with van der Waals surface area (Å²) in [7, 11) is 0. The Bertz CT molecular complexity index is 465. The van der Waals surface area contributed by atoms with Crippen molar-refractivity contribution in [1.29, 1.82) is 0 Å². The second-order valence-electron chi connectivity index (χ2n) is 4.66. The Hall–Kier alpha value is -1.23. The van der Waals surface area contributed by atoms with Gasteiger partial charge in [0.25, 0.3) is 0 Å². The molecule has 1 amide bonds. The van der Waals surface area contributed by atoms with Crippen molar-refractivity contribution in [2.45, 2.75) is 25.7 Å². The van der Waals surface area contributed by atoms with E-state index in [1.165, 1.54) is 6.07 Å². The van der Waals surface area contributed by atoms with E-state index in [0.717, 1.165) is 36.4 Å². The van der Waals surface area contributed by atoms with E-state index >= 15 is 0 Å². The zero-order valence-corrected chi connectivity index (χ0v) is 11.9. The number of fused-ring (bicyclic) bond motifs is 1. The third-order valence-electron chi connectivity index (χ3n) is 3.18. The van der Waals surface area contributed by atoms with Crippen LogP contribution < -0.4 is 10.6 Å². The van der Waals surface area contributed by atoms with Crippen LogP contribution in [-0.2, 0) is 11.2 Å². The molecule has 1 aromatic rings. The molecule has 0 spiro atoms. The molecule has 0 saturated carbocycles. The van der Waals surface area contributed by atoms with Crippen molar-refractivity contribution in [3.63, 3.8) is 0 Å². The zero-order valence-electron chi connectivity index (χ0n) is 11.1. The second kappa shape index (κ2) is 6.80. The van der Waals surface area contributed by atoms with E-state index in [9.17, 15) is 9.18 Å². The van der Waals surface area contributed by atoms with Crippen molar-refractivity contribution in [2.24, 2.45) is 0 Å². The number of rotatable bonds is 6. The molecular weight excluding hydrogens is 263 g/mol. The molecule has 0 radical (unpaired) electrons. The maximum absolute atomic E-state index is 13.9. The van der Waals surface area contributed by atoms with E-state index in [0.29, 0.717) is 18.5 Å². The fourth-order valence-electron chi connectivity index (χ4n) is 2.13. The number of nitrogens with one attached hydrogen (secondary N) is 2. The van der Waals surface area contributed by atoms with Crippen molar-refractivity contribution in [3.8, 4) is 0 Å². The first-order valence-corrected chi connectivity index (χ1v) is 7.95. The minimum atomic E-state index is -0.236. The summed E-state index contributed by atoms with van der Waals surface area (Å²) in [6, 6.07) is 3.23. The number of benzene rings is 1. The van der Waals surface area contributed by atoms with Gasteiger partial charge in [-0.25, -0.2) is 4.39 Å². The van der Waals surface area contributed by atoms with Gasteiger partial charge in [-0.2, -0.15) is 11.8 Å². The average molecular weight is 282 g/mol. The maximum Gasteiger partial charge on any atom is 0.224 e. The first kappa shape index (κ1) is 14.2. The Morgan fingerprint density at radius 3 is 3.00 bits per heavy atom. The van der Waals surface area contributed by atoms with Gasteiger partial charge < -0.3 is 10.6 Å². The molecule has 1 aromatic carbocycles. The number of aryl methyl sites for hydroxylation is 1. The molecule has 2 N–H and O–H groups in total. The minimum absolute atomic E-state index is 0.00466. The lowest BCUT2D eigenvalue weighted by molar-refractivity contribution is -0.116. The van der Waals surface area contributed by atoms with Gasteiger partial charge in [0.05, 0.1) is 5.69 Å². The van der Waals surface area contributed by atoms with Crippen molar-refractivity contribution >= 4 is 29.0 Å². The van der Waals surface area contributed by atoms with Gasteiger partial charge in [0, 0.05) is 18.7 Å². The largest absolute Gasteiger partial charge is 0.383 e. The minimum Gasteiger partial charge on any atom is -0.383 e. The van der Waals surface area contributed by atoms with Crippen LogP contribution in [0.1, 0.15) is 24.8 Å². The highest BCUT2D eigenvalue weighted by Crippen LogP contribution is 2.28. The monoisotopic (exact) mass is 282 g/mol. The summed E-state index contributed by atoms with van der Waals surface area (Å²) >= 11 is 1.82. The van der Waals surface area contributed by atoms with E-state index in [4.69, 9.17) is 0 Å². The highest BCUT2D eigenvalue weighted by molar-refractivity contribution is 7.98. The molecule has 1 heterocycles. The predicted octanol–water partition coefficient (Wildman–Crippen LogP) is 3.27. The fourth-order valence-corrected chi connectivity index (χ4v) is 2.62. The molecule has 1 aliphatic rings. The second-order valence-corrected chi connectivity index (χ2v) is 5.65. The molecule has 3 nitrogen and oxygen atoms in total. The molecule has 2 rings (SSSR count). The summed E-state index contributed by atoms with van der Waals surface area (Å²) in [5, 5.41) is 5.89. The molecule has 104 valence electrons. The number of thioether (sulfide) groups is 1. The first-order chi connectivity index (χ1) is 9.20. The number of amides is 1. The number of unbranched alkanes of at least 4 members (excludes halogenated alkanes) is 1. The van der Waals surface area contributed by atoms with Gasteiger partial charge >= 0.3 is 0 Å². The zero-order chi connectivity index (χ0) is 13.7. The number of hydrogen-bond acceptors (Lipinski definition) is 3. The van der Waals surface area contributed by atoms with Crippen LogP contribution in [0.3, 0.4) is 0 Å². The number of halogens is 1. The summed E-state index contributed by atoms with van der Waals surface area (Å²) in [4.78, 5) is 11.3. The predicted molar refractivity (Wildman–Crippen MR) is 79.5 cm³/mol. The van der Waals surface area contributed by atoms with E-state index in [1.807, 2.05) is 11.8 Å². The molecule has 0 bridgehead atoms. The molecule has 1 aliphatic heterocycles. The first-order valence-electron chi connectivity index (χ1n) is 6.56. The molecule has 0 saturated heterocycles. The van der Waals surface area contributed by atoms with Gasteiger partial charge in [0.1, 0.15) is 5.82 Å². The Balaban J connectivity index is 1.97. The van der Waals surface area contributed by atoms with Gasteiger partial charge in [-0.05, 0) is 49.0 Å². The lowest BCUT2D eigenvalue weighted by Crippen LogP contribution is -2.19. The average Bonchev–Trinajstić information content (AvgIpc) is 2.39. The van der Waals surface area contributed by atoms with Gasteiger partial charge in [-0.3, -0.25) is 4.79 Å². The Kier molecular flexibility index (Phi) is 5.07. The van der Waals surface area contributed by atoms with E-state index in [1.54, 1.807) is 6.07 Å². The lowest BCUT2D eigenvalue weighted by Gasteiger charge is -2.18. The van der Waals surface area contributed by atoms with Gasteiger partial charge in [-0.15, -0.1) is 0 Å². The highest BCUT2D eigenvalue weighted by atomic mass is 32.2. The Morgan fingerprint density at radius 1 is 1.37 bits per heavy atom. The molecular formula is C14H19FN2OS. The number of carbonyl (C=O) groups is 1. The summed E-state index contributed by atoms with van der Waals surface area (Å²) < 4.78 is 13.9. The van der Waals surface area contributed by atoms with E-state index in [-0.39, 0.29) is 11.7 Å². The quantitative estimate of drug-likeness (QED) is 0.787. The summed E-state index contributed by atoms with van der Waals surface area (Å²) in [5.74, 6) is 0.898. The van der Waals surface area contributed by atoms with Crippen LogP contribution in [0.4, 0.5) is 15.8 Å². The number of hydrogen-bond donors (Lipinski definition) is 2. The third kappa shape index (κ3) is 3.86. The summed E-state index contributed by atoms with van der Waals surface area (Å²) in [5.41, 5.74) is 2.10. The smallest absolute Gasteiger partial charge is 0.224 e. The van der Waals surface area contributed by atoms with Crippen molar-refractivity contribution in [2.75, 3.05) is 29.2 Å². The third-order valence-corrected chi connectivity index (χ3v) is 3.88. The standard InChI is InChI=1S/C14H19FN2OS/c1-19-7-3-2-6-16-13-9-12-10(8-11(13)15)4-5-14(18)17-12/h8-9,16H,2-7H2,1H3,(H,17,18). The van der Waals surface area contributed by atoms with Crippen LogP contribution in [-0.4, -0.2) is 24.5 Å². The normalized spacial score (nSPS) is 13.9. The molecule has 0 aromatic heterocycles. The topological polar surface area (TPSA) is 41.1 Å². The summed E-state index contributed by atoms with van der Waals surface area (Å²) in [6.07, 6.45) is 5.28. The highest BCUT2D eigenvalue weighted by Gasteiger charge is 2.17. The SMILES string of the molecule is CSCCCCNc1cc2c(cc1F)CCC(=O)N2. The van der Waals surface area contributed by atoms with E-state index < -0.39 is 0 Å². The van der Waals surface area contributed by atoms with Crippen LogP contribution in [0.2, 0.25) is 0 Å². The molecule has 0 unspecified atom stereocenters. The molecule has 5 heteroatoms. The van der Waals surface area contributed by atoms with Gasteiger partial charge in [0.2, 0.25) is 5.91 Å². The van der Waals surface area contributed by atoms with Crippen LogP contribution in [0, 0.1) is 5.82 Å². The van der Waals surface area contributed by atoms with Crippen LogP contribution in [0.5, 0.6) is 0 Å². The van der Waals surface area contributed by atoms with Crippen molar-refractivity contribution < 1.29 is 9.18 Å². The lowest BCUT2D eigenvalue weighted by atomic mass is 10.0. The van der Waals surface area contributed by atoms with Crippen LogP contribution >= 0.6 is 11.8 Å². The maximum atomic E-state index is 13.9. The van der Waals surface area contributed by atoms with Gasteiger partial charge in [-0.1, -0.05) is 0 Å². The fraction of sp³-hybridized carbons (Fsp3) is 0.500. The Labute approximate surface area is 117 Å². The van der Waals surface area contributed by atoms with Crippen molar-refractivity contribution in [3.05, 3.63) is 23.5 Å². The van der Waals surface area contributed by atoms with Crippen molar-refractivity contribution in [1.82, 2.24) is 0 Å². The molecule has 19 heavy (non-hydrogen) atoms. The van der Waals surface area contributed by atoms with Crippen LogP contribution in [0.15, 0.2) is 12.1 Å². The number of anilines is 2. The number of carbonyl (C=O) groups excluding carboxylic acids is 1. The molecule has 0 atom stereocenters. The Morgan fingerprint density at radius 2 is 2.21 bits per heavy atom. The van der Waals surface area contributed by atoms with E-state index in [2.05, 4.69) is 16.9 Å². The van der Waals surface area contributed by atoms with Crippen LogP contribution in [0.25, 0.3) is 0 Å². The van der Waals surface area contributed by atoms with Gasteiger partial charge in [0.15, 0.2) is 0 Å². The molecule has 0 aliphatic carbocycles.